The quantitative estimate of drug-likeness (QED) is 0.721. The zero-order chi connectivity index (χ0) is 9.26. The Morgan fingerprint density at radius 2 is 2.31 bits per heavy atom. The van der Waals surface area contributed by atoms with Gasteiger partial charge in [-0.3, -0.25) is 10.1 Å². The minimum absolute atomic E-state index is 0.319. The number of rotatable bonds is 2. The number of thioether (sulfide) groups is 2. The molecule has 0 bridgehead atoms. The maximum atomic E-state index is 10.7. The van der Waals surface area contributed by atoms with E-state index < -0.39 is 5.97 Å². The Morgan fingerprint density at radius 3 is 2.85 bits per heavy atom. The van der Waals surface area contributed by atoms with Gasteiger partial charge < -0.3 is 5.11 Å². The number of carboxylic acid groups (broad SMARTS) is 1. The molecule has 3 atom stereocenters. The van der Waals surface area contributed by atoms with Gasteiger partial charge in [0, 0.05) is 5.75 Å². The number of carbonyl (C=O) groups is 1. The first-order valence-corrected chi connectivity index (χ1v) is 6.66. The van der Waals surface area contributed by atoms with E-state index in [1.54, 1.807) is 11.8 Å². The lowest BCUT2D eigenvalue weighted by atomic mass is 10.1. The van der Waals surface area contributed by atoms with E-state index in [2.05, 4.69) is 5.32 Å². The summed E-state index contributed by atoms with van der Waals surface area (Å²) in [6.07, 6.45) is 1.24. The van der Waals surface area contributed by atoms with Gasteiger partial charge in [0.25, 0.3) is 0 Å². The minimum Gasteiger partial charge on any atom is -0.480 e. The molecule has 2 aliphatic heterocycles. The van der Waals surface area contributed by atoms with Crippen LogP contribution in [-0.4, -0.2) is 39.8 Å². The van der Waals surface area contributed by atoms with Gasteiger partial charge in [-0.2, -0.15) is 11.8 Å². The van der Waals surface area contributed by atoms with Crippen molar-refractivity contribution in [3.8, 4) is 0 Å². The van der Waals surface area contributed by atoms with E-state index in [1.165, 1.54) is 17.9 Å². The number of hydrogen-bond acceptors (Lipinski definition) is 4. The second kappa shape index (κ2) is 4.11. The van der Waals surface area contributed by atoms with Gasteiger partial charge in [0.2, 0.25) is 0 Å². The van der Waals surface area contributed by atoms with Gasteiger partial charge in [0.1, 0.15) is 6.04 Å². The Bertz CT molecular complexity index is 206. The van der Waals surface area contributed by atoms with Crippen molar-refractivity contribution in [1.82, 2.24) is 5.32 Å². The average molecular weight is 219 g/mol. The largest absolute Gasteiger partial charge is 0.480 e. The topological polar surface area (TPSA) is 49.3 Å². The Morgan fingerprint density at radius 1 is 1.46 bits per heavy atom. The van der Waals surface area contributed by atoms with Gasteiger partial charge in [-0.1, -0.05) is 0 Å². The van der Waals surface area contributed by atoms with Crippen molar-refractivity contribution < 1.29 is 9.90 Å². The van der Waals surface area contributed by atoms with Gasteiger partial charge in [-0.05, 0) is 23.8 Å². The standard InChI is InChI=1S/C8H13NO2S2/c10-8(11)6-4-13-7(9-6)5-1-2-12-3-5/h5-7,9H,1-4H2,(H,10,11)/t5?,6-,7?/m1/s1. The van der Waals surface area contributed by atoms with E-state index in [4.69, 9.17) is 5.11 Å². The molecule has 74 valence electrons. The van der Waals surface area contributed by atoms with E-state index in [0.29, 0.717) is 11.3 Å². The summed E-state index contributed by atoms with van der Waals surface area (Å²) in [6.45, 7) is 0. The lowest BCUT2D eigenvalue weighted by Gasteiger charge is -2.16. The van der Waals surface area contributed by atoms with Crippen LogP contribution in [0.1, 0.15) is 6.42 Å². The number of aliphatic carboxylic acids is 1. The third-order valence-corrected chi connectivity index (χ3v) is 5.09. The predicted octanol–water partition coefficient (Wildman–Crippen LogP) is 0.855. The summed E-state index contributed by atoms with van der Waals surface area (Å²) in [7, 11) is 0. The Balaban J connectivity index is 1.86. The van der Waals surface area contributed by atoms with Crippen LogP contribution in [-0.2, 0) is 4.79 Å². The van der Waals surface area contributed by atoms with Crippen LogP contribution < -0.4 is 5.32 Å². The van der Waals surface area contributed by atoms with Crippen molar-refractivity contribution in [2.75, 3.05) is 17.3 Å². The van der Waals surface area contributed by atoms with Crippen molar-refractivity contribution in [3.63, 3.8) is 0 Å². The second-order valence-corrected chi connectivity index (χ2v) is 5.76. The fraction of sp³-hybridized carbons (Fsp3) is 0.875. The zero-order valence-electron chi connectivity index (χ0n) is 7.23. The number of carboxylic acids is 1. The highest BCUT2D eigenvalue weighted by Gasteiger charge is 2.35. The molecule has 0 aliphatic carbocycles. The SMILES string of the molecule is O=C(O)[C@H]1CSC(C2CCSC2)N1. The molecule has 0 saturated carbocycles. The highest BCUT2D eigenvalue weighted by atomic mass is 32.2. The number of nitrogens with one attached hydrogen (secondary N) is 1. The fourth-order valence-corrected chi connectivity index (χ4v) is 4.52. The summed E-state index contributed by atoms with van der Waals surface area (Å²) in [5.74, 6) is 3.12. The molecule has 0 aromatic carbocycles. The molecular weight excluding hydrogens is 206 g/mol. The Kier molecular flexibility index (Phi) is 3.06. The van der Waals surface area contributed by atoms with Crippen LogP contribution in [0.3, 0.4) is 0 Å². The molecule has 0 spiro atoms. The summed E-state index contributed by atoms with van der Waals surface area (Å²) in [5, 5.41) is 12.4. The second-order valence-electron chi connectivity index (χ2n) is 3.44. The van der Waals surface area contributed by atoms with E-state index in [0.717, 1.165) is 5.75 Å². The maximum Gasteiger partial charge on any atom is 0.321 e. The molecule has 5 heteroatoms. The average Bonchev–Trinajstić information content (AvgIpc) is 2.75. The molecule has 13 heavy (non-hydrogen) atoms. The monoisotopic (exact) mass is 219 g/mol. The van der Waals surface area contributed by atoms with Gasteiger partial charge in [0.15, 0.2) is 0 Å². The van der Waals surface area contributed by atoms with Crippen LogP contribution in [0, 0.1) is 5.92 Å². The van der Waals surface area contributed by atoms with Crippen LogP contribution in [0.4, 0.5) is 0 Å². The summed E-state index contributed by atoms with van der Waals surface area (Å²) >= 11 is 3.75. The molecule has 0 aromatic heterocycles. The van der Waals surface area contributed by atoms with Crippen LogP contribution in [0.2, 0.25) is 0 Å². The highest BCUT2D eigenvalue weighted by molar-refractivity contribution is 8.00. The third kappa shape index (κ3) is 2.14. The first kappa shape index (κ1) is 9.68. The molecule has 0 aromatic rings. The normalized spacial score (nSPS) is 39.5. The third-order valence-electron chi connectivity index (χ3n) is 2.50. The first-order valence-electron chi connectivity index (χ1n) is 4.45. The van der Waals surface area contributed by atoms with Crippen LogP contribution >= 0.6 is 23.5 Å². The van der Waals surface area contributed by atoms with E-state index >= 15 is 0 Å². The molecule has 2 saturated heterocycles. The van der Waals surface area contributed by atoms with E-state index in [1.807, 2.05) is 11.8 Å². The molecule has 2 rings (SSSR count). The first-order chi connectivity index (χ1) is 6.27. The van der Waals surface area contributed by atoms with Crippen molar-refractivity contribution >= 4 is 29.5 Å². The van der Waals surface area contributed by atoms with Crippen LogP contribution in [0.15, 0.2) is 0 Å². The van der Waals surface area contributed by atoms with Crippen molar-refractivity contribution in [2.24, 2.45) is 5.92 Å². The molecule has 2 aliphatic rings. The van der Waals surface area contributed by atoms with Crippen LogP contribution in [0.5, 0.6) is 0 Å². The maximum absolute atomic E-state index is 10.7. The van der Waals surface area contributed by atoms with Crippen molar-refractivity contribution in [3.05, 3.63) is 0 Å². The molecular formula is C8H13NO2S2. The number of hydrogen-bond donors (Lipinski definition) is 2. The summed E-state index contributed by atoms with van der Waals surface area (Å²) in [4.78, 5) is 10.7. The predicted molar refractivity (Wildman–Crippen MR) is 56.2 cm³/mol. The summed E-state index contributed by atoms with van der Waals surface area (Å²) in [6, 6.07) is -0.319. The molecule has 2 unspecified atom stereocenters. The van der Waals surface area contributed by atoms with Gasteiger partial charge >= 0.3 is 5.97 Å². The van der Waals surface area contributed by atoms with Gasteiger partial charge in [-0.25, -0.2) is 0 Å². The van der Waals surface area contributed by atoms with Gasteiger partial charge in [-0.15, -0.1) is 11.8 Å². The lowest BCUT2D eigenvalue weighted by molar-refractivity contribution is -0.138. The summed E-state index contributed by atoms with van der Waals surface area (Å²) < 4.78 is 0. The fourth-order valence-electron chi connectivity index (χ4n) is 1.70. The summed E-state index contributed by atoms with van der Waals surface area (Å²) in [5.41, 5.74) is 0. The Hall–Kier alpha value is 0.130. The van der Waals surface area contributed by atoms with Crippen LogP contribution in [0.25, 0.3) is 0 Å². The van der Waals surface area contributed by atoms with Gasteiger partial charge in [0.05, 0.1) is 5.37 Å². The van der Waals surface area contributed by atoms with Crippen molar-refractivity contribution in [2.45, 2.75) is 17.8 Å². The lowest BCUT2D eigenvalue weighted by Crippen LogP contribution is -2.39. The molecule has 3 nitrogen and oxygen atoms in total. The molecule has 0 radical (unpaired) electrons. The molecule has 2 fully saturated rings. The minimum atomic E-state index is -0.708. The zero-order valence-corrected chi connectivity index (χ0v) is 8.87. The highest BCUT2D eigenvalue weighted by Crippen LogP contribution is 2.34. The van der Waals surface area contributed by atoms with E-state index in [9.17, 15) is 4.79 Å². The van der Waals surface area contributed by atoms with E-state index in [-0.39, 0.29) is 6.04 Å². The molecule has 2 N–H and O–H groups in total. The Labute approximate surface area is 86.0 Å². The van der Waals surface area contributed by atoms with Crippen molar-refractivity contribution in [1.29, 1.82) is 0 Å². The smallest absolute Gasteiger partial charge is 0.321 e. The molecule has 0 amide bonds. The molecule has 2 heterocycles.